The third-order valence-electron chi connectivity index (χ3n) is 2.94. The maximum Gasteiger partial charge on any atom is 0.221 e. The Labute approximate surface area is 128 Å². The first kappa shape index (κ1) is 15.8. The predicted molar refractivity (Wildman–Crippen MR) is 87.5 cm³/mol. The fourth-order valence-electron chi connectivity index (χ4n) is 2.10. The van der Waals surface area contributed by atoms with E-state index in [0.717, 1.165) is 17.0 Å². The zero-order chi connectivity index (χ0) is 15.4. The molecule has 1 aliphatic heterocycles. The standard InChI is InChI=1S/C14H20N4O2S/c1-8(2)17-18-11-6-4-5-10(16-9(3)19)12(11)13-14(20)15-7-21-13/h4-6,13-15,18,20H,7H2,1-3H3,(H,16,19). The number of benzene rings is 1. The van der Waals surface area contributed by atoms with E-state index in [1.54, 1.807) is 11.8 Å². The molecule has 0 spiro atoms. The van der Waals surface area contributed by atoms with Gasteiger partial charge in [0.2, 0.25) is 5.91 Å². The Morgan fingerprint density at radius 2 is 2.10 bits per heavy atom. The van der Waals surface area contributed by atoms with Crippen molar-refractivity contribution in [2.45, 2.75) is 32.2 Å². The first-order valence-corrected chi connectivity index (χ1v) is 7.74. The van der Waals surface area contributed by atoms with Crippen LogP contribution < -0.4 is 16.1 Å². The summed E-state index contributed by atoms with van der Waals surface area (Å²) < 4.78 is 0. The number of carbonyl (C=O) groups excluding carboxylic acids is 1. The summed E-state index contributed by atoms with van der Waals surface area (Å²) in [5.74, 6) is 0.518. The molecule has 1 amide bonds. The molecule has 0 bridgehead atoms. The lowest BCUT2D eigenvalue weighted by Crippen LogP contribution is -2.26. The molecule has 7 heteroatoms. The van der Waals surface area contributed by atoms with E-state index in [4.69, 9.17) is 0 Å². The molecule has 2 atom stereocenters. The number of nitrogens with zero attached hydrogens (tertiary/aromatic N) is 1. The van der Waals surface area contributed by atoms with Crippen LogP contribution in [0.25, 0.3) is 0 Å². The van der Waals surface area contributed by atoms with Crippen molar-refractivity contribution in [3.63, 3.8) is 0 Å². The van der Waals surface area contributed by atoms with Crippen molar-refractivity contribution in [1.29, 1.82) is 0 Å². The highest BCUT2D eigenvalue weighted by Gasteiger charge is 2.31. The van der Waals surface area contributed by atoms with Crippen LogP contribution >= 0.6 is 11.8 Å². The van der Waals surface area contributed by atoms with Gasteiger partial charge in [0.1, 0.15) is 6.23 Å². The molecule has 0 saturated carbocycles. The van der Waals surface area contributed by atoms with Gasteiger partial charge in [-0.05, 0) is 26.0 Å². The van der Waals surface area contributed by atoms with Crippen LogP contribution in [0.5, 0.6) is 0 Å². The zero-order valence-corrected chi connectivity index (χ0v) is 13.1. The van der Waals surface area contributed by atoms with Crippen LogP contribution in [0.2, 0.25) is 0 Å². The Balaban J connectivity index is 2.43. The van der Waals surface area contributed by atoms with Gasteiger partial charge in [-0.15, -0.1) is 11.8 Å². The van der Waals surface area contributed by atoms with Crippen LogP contribution in [-0.4, -0.2) is 28.8 Å². The average Bonchev–Trinajstić information content (AvgIpc) is 2.82. The van der Waals surface area contributed by atoms with Crippen molar-refractivity contribution < 1.29 is 9.90 Å². The molecule has 2 rings (SSSR count). The number of hydrogen-bond donors (Lipinski definition) is 4. The van der Waals surface area contributed by atoms with Gasteiger partial charge in [-0.2, -0.15) is 5.10 Å². The Hall–Kier alpha value is -1.57. The second-order valence-electron chi connectivity index (χ2n) is 5.00. The predicted octanol–water partition coefficient (Wildman–Crippen LogP) is 2.11. The Morgan fingerprint density at radius 1 is 1.38 bits per heavy atom. The van der Waals surface area contributed by atoms with Crippen LogP contribution in [0.15, 0.2) is 23.3 Å². The normalized spacial score (nSPS) is 21.0. The number of amides is 1. The zero-order valence-electron chi connectivity index (χ0n) is 12.3. The second kappa shape index (κ2) is 6.93. The lowest BCUT2D eigenvalue weighted by atomic mass is 10.1. The molecule has 1 saturated heterocycles. The van der Waals surface area contributed by atoms with E-state index in [9.17, 15) is 9.90 Å². The molecule has 0 aromatic heterocycles. The van der Waals surface area contributed by atoms with Crippen LogP contribution in [0.4, 0.5) is 11.4 Å². The topological polar surface area (TPSA) is 85.8 Å². The van der Waals surface area contributed by atoms with Crippen molar-refractivity contribution in [1.82, 2.24) is 5.32 Å². The average molecular weight is 308 g/mol. The number of aliphatic hydroxyl groups excluding tert-OH is 1. The van der Waals surface area contributed by atoms with Gasteiger partial charge < -0.3 is 10.4 Å². The van der Waals surface area contributed by atoms with Gasteiger partial charge in [0, 0.05) is 29.8 Å². The fourth-order valence-corrected chi connectivity index (χ4v) is 3.25. The van der Waals surface area contributed by atoms with E-state index in [2.05, 4.69) is 21.2 Å². The van der Waals surface area contributed by atoms with Gasteiger partial charge in [0.05, 0.1) is 10.9 Å². The number of rotatable bonds is 4. The summed E-state index contributed by atoms with van der Waals surface area (Å²) in [6.45, 7) is 5.25. The molecule has 4 N–H and O–H groups in total. The first-order chi connectivity index (χ1) is 9.99. The van der Waals surface area contributed by atoms with Crippen LogP contribution in [-0.2, 0) is 4.79 Å². The largest absolute Gasteiger partial charge is 0.377 e. The molecule has 1 aromatic rings. The molecule has 1 heterocycles. The van der Waals surface area contributed by atoms with Crippen LogP contribution in [0.1, 0.15) is 31.6 Å². The van der Waals surface area contributed by atoms with E-state index in [1.165, 1.54) is 6.92 Å². The fraction of sp³-hybridized carbons (Fsp3) is 0.429. The number of aliphatic hydroxyl groups is 1. The summed E-state index contributed by atoms with van der Waals surface area (Å²) in [6.07, 6.45) is -0.655. The third-order valence-corrected chi connectivity index (χ3v) is 4.13. The molecule has 21 heavy (non-hydrogen) atoms. The van der Waals surface area contributed by atoms with E-state index in [0.29, 0.717) is 11.6 Å². The highest BCUT2D eigenvalue weighted by Crippen LogP contribution is 2.43. The van der Waals surface area contributed by atoms with Gasteiger partial charge in [0.25, 0.3) is 0 Å². The highest BCUT2D eigenvalue weighted by atomic mass is 32.2. The van der Waals surface area contributed by atoms with Gasteiger partial charge in [-0.25, -0.2) is 0 Å². The van der Waals surface area contributed by atoms with Crippen molar-refractivity contribution in [2.24, 2.45) is 5.10 Å². The van der Waals surface area contributed by atoms with Crippen molar-refractivity contribution >= 4 is 34.8 Å². The molecular formula is C14H20N4O2S. The van der Waals surface area contributed by atoms with Crippen molar-refractivity contribution in [2.75, 3.05) is 16.6 Å². The Morgan fingerprint density at radius 3 is 2.67 bits per heavy atom. The summed E-state index contributed by atoms with van der Waals surface area (Å²) in [7, 11) is 0. The number of anilines is 2. The quantitative estimate of drug-likeness (QED) is 0.505. The molecule has 2 unspecified atom stereocenters. The van der Waals surface area contributed by atoms with Gasteiger partial charge in [-0.1, -0.05) is 6.07 Å². The Kier molecular flexibility index (Phi) is 5.22. The number of hydrazone groups is 1. The number of hydrogen-bond acceptors (Lipinski definition) is 6. The number of nitrogens with one attached hydrogen (secondary N) is 3. The molecule has 0 aliphatic carbocycles. The summed E-state index contributed by atoms with van der Waals surface area (Å²) in [5.41, 5.74) is 6.22. The van der Waals surface area contributed by atoms with Gasteiger partial charge in [-0.3, -0.25) is 15.5 Å². The molecule has 114 valence electrons. The molecule has 1 fully saturated rings. The molecule has 6 nitrogen and oxygen atoms in total. The maximum absolute atomic E-state index is 11.4. The number of carbonyl (C=O) groups is 1. The van der Waals surface area contributed by atoms with Crippen LogP contribution in [0.3, 0.4) is 0 Å². The minimum Gasteiger partial charge on any atom is -0.377 e. The number of thioether (sulfide) groups is 1. The molecule has 0 radical (unpaired) electrons. The molecule has 1 aromatic carbocycles. The summed E-state index contributed by atoms with van der Waals surface area (Å²) in [6, 6.07) is 5.56. The SMILES string of the molecule is CC(=O)Nc1cccc(NN=C(C)C)c1C1SCNC1O. The van der Waals surface area contributed by atoms with Crippen molar-refractivity contribution in [3.05, 3.63) is 23.8 Å². The van der Waals surface area contributed by atoms with E-state index in [-0.39, 0.29) is 11.2 Å². The van der Waals surface area contributed by atoms with Crippen LogP contribution in [0, 0.1) is 0 Å². The molecular weight excluding hydrogens is 288 g/mol. The van der Waals surface area contributed by atoms with Gasteiger partial charge >= 0.3 is 0 Å². The smallest absolute Gasteiger partial charge is 0.221 e. The summed E-state index contributed by atoms with van der Waals surface area (Å²) in [5, 5.41) is 19.9. The maximum atomic E-state index is 11.4. The second-order valence-corrected chi connectivity index (χ2v) is 6.13. The minimum absolute atomic E-state index is 0.144. The van der Waals surface area contributed by atoms with Crippen molar-refractivity contribution in [3.8, 4) is 0 Å². The lowest BCUT2D eigenvalue weighted by molar-refractivity contribution is -0.114. The first-order valence-electron chi connectivity index (χ1n) is 6.69. The van der Waals surface area contributed by atoms with E-state index >= 15 is 0 Å². The third kappa shape index (κ3) is 3.96. The monoisotopic (exact) mass is 308 g/mol. The molecule has 1 aliphatic rings. The van der Waals surface area contributed by atoms with E-state index in [1.807, 2.05) is 32.0 Å². The summed E-state index contributed by atoms with van der Waals surface area (Å²) in [4.78, 5) is 11.4. The highest BCUT2D eigenvalue weighted by molar-refractivity contribution is 7.99. The van der Waals surface area contributed by atoms with E-state index < -0.39 is 6.23 Å². The van der Waals surface area contributed by atoms with Gasteiger partial charge in [0.15, 0.2) is 0 Å². The lowest BCUT2D eigenvalue weighted by Gasteiger charge is -2.21. The Bertz CT molecular complexity index is 558. The minimum atomic E-state index is -0.655. The summed E-state index contributed by atoms with van der Waals surface area (Å²) >= 11 is 1.59.